The molecule has 5 nitrogen and oxygen atoms in total. The van der Waals surface area contributed by atoms with Crippen molar-refractivity contribution in [3.8, 4) is 12.3 Å². The van der Waals surface area contributed by atoms with Crippen LogP contribution in [0.2, 0.25) is 5.02 Å². The first-order chi connectivity index (χ1) is 16.7. The number of terminal acetylenes is 1. The fraction of sp³-hybridized carbons (Fsp3) is 0.154. The molecule has 0 aliphatic carbocycles. The van der Waals surface area contributed by atoms with Crippen LogP contribution in [0.25, 0.3) is 0 Å². The highest BCUT2D eigenvalue weighted by molar-refractivity contribution is 7.98. The van der Waals surface area contributed by atoms with Gasteiger partial charge in [-0.25, -0.2) is 10.0 Å². The lowest BCUT2D eigenvalue weighted by atomic mass is 9.91. The fourth-order valence-electron chi connectivity index (χ4n) is 3.59. The first-order valence-electron chi connectivity index (χ1n) is 10.7. The largest absolute Gasteiger partial charge is 0.295 e. The van der Waals surface area contributed by atoms with E-state index in [1.54, 1.807) is 0 Å². The molecule has 1 aliphatic heterocycles. The van der Waals surface area contributed by atoms with Gasteiger partial charge in [-0.3, -0.25) is 9.86 Å². The maximum absolute atomic E-state index is 6.14. The molecule has 1 aliphatic rings. The second-order valence-corrected chi connectivity index (χ2v) is 9.55. The molecule has 3 aromatic rings. The van der Waals surface area contributed by atoms with Crippen LogP contribution in [-0.4, -0.2) is 35.5 Å². The summed E-state index contributed by atoms with van der Waals surface area (Å²) < 4.78 is 3.39. The first kappa shape index (κ1) is 24.2. The van der Waals surface area contributed by atoms with Gasteiger partial charge < -0.3 is 0 Å². The number of hydrogen-bond acceptors (Lipinski definition) is 5. The van der Waals surface area contributed by atoms with E-state index in [0.29, 0.717) is 29.8 Å². The summed E-state index contributed by atoms with van der Waals surface area (Å²) in [6, 6.07) is 26.0. The zero-order valence-corrected chi connectivity index (χ0v) is 20.8. The normalized spacial score (nSPS) is 15.7. The number of benzene rings is 3. The maximum atomic E-state index is 6.14. The van der Waals surface area contributed by atoms with E-state index in [1.165, 1.54) is 29.5 Å². The Labute approximate surface area is 214 Å². The Bertz CT molecular complexity index is 1210. The molecule has 3 aromatic carbocycles. The molecule has 0 bridgehead atoms. The van der Waals surface area contributed by atoms with Crippen molar-refractivity contribution < 1.29 is 0 Å². The molecule has 0 radical (unpaired) electrons. The average molecular weight is 506 g/mol. The third kappa shape index (κ3) is 6.16. The van der Waals surface area contributed by atoms with E-state index in [0.717, 1.165) is 21.7 Å². The van der Waals surface area contributed by atoms with Crippen LogP contribution in [0.15, 0.2) is 93.9 Å². The Morgan fingerprint density at radius 2 is 1.94 bits per heavy atom. The number of hydrogen-bond donors (Lipinski definition) is 2. The van der Waals surface area contributed by atoms with Gasteiger partial charge in [0, 0.05) is 27.2 Å². The summed E-state index contributed by atoms with van der Waals surface area (Å²) in [4.78, 5) is 5.76. The Morgan fingerprint density at radius 3 is 2.68 bits per heavy atom. The molecule has 8 heteroatoms. The summed E-state index contributed by atoms with van der Waals surface area (Å²) >= 11 is 8.86. The van der Waals surface area contributed by atoms with E-state index >= 15 is 0 Å². The minimum atomic E-state index is 0.0908. The summed E-state index contributed by atoms with van der Waals surface area (Å²) in [6.07, 6.45) is 5.55. The number of nitrogens with one attached hydrogen (secondary N) is 1. The van der Waals surface area contributed by atoms with Gasteiger partial charge in [-0.15, -0.1) is 6.42 Å². The van der Waals surface area contributed by atoms with Gasteiger partial charge in [0.15, 0.2) is 0 Å². The summed E-state index contributed by atoms with van der Waals surface area (Å²) in [5.41, 5.74) is 4.04. The number of nitrogens with two attached hydrogens (primary N) is 1. The van der Waals surface area contributed by atoms with Crippen molar-refractivity contribution in [2.24, 2.45) is 15.2 Å². The highest BCUT2D eigenvalue weighted by Gasteiger charge is 2.31. The number of halogens is 1. The number of rotatable bonds is 7. The standard InChI is InChI=1S/C26H24ClN5S2/c1-2-19-7-6-10-23(17-19)34-31-26(29-15-16-33-28)32-18-24(20-8-4-3-5-9-20)25(30-32)21-11-13-22(27)14-12-21/h1,3-14,17,24H,15-16,18,28H2,(H,29,31). The Hall–Kier alpha value is -2.89. The van der Waals surface area contributed by atoms with E-state index in [9.17, 15) is 0 Å². The molecule has 1 unspecified atom stereocenters. The van der Waals surface area contributed by atoms with Gasteiger partial charge in [-0.05, 0) is 53.4 Å². The van der Waals surface area contributed by atoms with Crippen LogP contribution in [0.4, 0.5) is 0 Å². The number of hydrazone groups is 1. The molecular formula is C26H24ClN5S2. The molecule has 172 valence electrons. The number of nitrogens with zero attached hydrogens (tertiary/aromatic N) is 3. The van der Waals surface area contributed by atoms with E-state index < -0.39 is 0 Å². The van der Waals surface area contributed by atoms with Gasteiger partial charge in [-0.1, -0.05) is 78.0 Å². The Kier molecular flexibility index (Phi) is 8.56. The summed E-state index contributed by atoms with van der Waals surface area (Å²) in [5.74, 6) is 4.16. The highest BCUT2D eigenvalue weighted by atomic mass is 35.5. The van der Waals surface area contributed by atoms with E-state index in [-0.39, 0.29) is 5.92 Å². The third-order valence-electron chi connectivity index (χ3n) is 5.23. The monoisotopic (exact) mass is 505 g/mol. The Morgan fingerprint density at radius 1 is 1.15 bits per heavy atom. The van der Waals surface area contributed by atoms with Crippen molar-refractivity contribution in [2.45, 2.75) is 10.8 Å². The fourth-order valence-corrected chi connectivity index (χ4v) is 4.62. The van der Waals surface area contributed by atoms with Gasteiger partial charge >= 0.3 is 0 Å². The summed E-state index contributed by atoms with van der Waals surface area (Å²) in [7, 11) is 0. The zero-order chi connectivity index (χ0) is 23.8. The molecule has 1 heterocycles. The van der Waals surface area contributed by atoms with Crippen LogP contribution in [0.5, 0.6) is 0 Å². The molecule has 0 amide bonds. The van der Waals surface area contributed by atoms with Gasteiger partial charge in [0.1, 0.15) is 0 Å². The van der Waals surface area contributed by atoms with E-state index in [1.807, 2.05) is 59.6 Å². The van der Waals surface area contributed by atoms with Crippen LogP contribution in [0, 0.1) is 12.3 Å². The third-order valence-corrected chi connectivity index (χ3v) is 6.68. The lowest BCUT2D eigenvalue weighted by Crippen LogP contribution is -2.34. The first-order valence-corrected chi connectivity index (χ1v) is 12.9. The van der Waals surface area contributed by atoms with Crippen molar-refractivity contribution in [3.63, 3.8) is 0 Å². The Balaban J connectivity index is 1.63. The van der Waals surface area contributed by atoms with Crippen LogP contribution < -0.4 is 9.86 Å². The predicted molar refractivity (Wildman–Crippen MR) is 146 cm³/mol. The maximum Gasteiger partial charge on any atom is 0.225 e. The van der Waals surface area contributed by atoms with Gasteiger partial charge in [-0.2, -0.15) is 5.10 Å². The molecule has 0 fully saturated rings. The molecule has 4 rings (SSSR count). The molecule has 34 heavy (non-hydrogen) atoms. The van der Waals surface area contributed by atoms with E-state index in [4.69, 9.17) is 33.3 Å². The quantitative estimate of drug-likeness (QED) is 0.148. The lowest BCUT2D eigenvalue weighted by Gasteiger charge is -2.19. The van der Waals surface area contributed by atoms with Crippen LogP contribution in [-0.2, 0) is 0 Å². The minimum Gasteiger partial charge on any atom is -0.295 e. The van der Waals surface area contributed by atoms with Crippen LogP contribution in [0.1, 0.15) is 22.6 Å². The van der Waals surface area contributed by atoms with Crippen LogP contribution in [0.3, 0.4) is 0 Å². The molecule has 1 atom stereocenters. The van der Waals surface area contributed by atoms with Gasteiger partial charge in [0.2, 0.25) is 5.96 Å². The summed E-state index contributed by atoms with van der Waals surface area (Å²) in [6.45, 7) is 1.24. The van der Waals surface area contributed by atoms with Crippen LogP contribution >= 0.6 is 35.5 Å². The molecule has 0 saturated carbocycles. The minimum absolute atomic E-state index is 0.0908. The van der Waals surface area contributed by atoms with Crippen molar-refractivity contribution in [3.05, 3.63) is 101 Å². The zero-order valence-electron chi connectivity index (χ0n) is 18.4. The highest BCUT2D eigenvalue weighted by Crippen LogP contribution is 2.30. The molecule has 0 spiro atoms. The predicted octanol–water partition coefficient (Wildman–Crippen LogP) is 5.38. The topological polar surface area (TPSA) is 66.0 Å². The number of aliphatic imine (C=N–C) groups is 1. The lowest BCUT2D eigenvalue weighted by molar-refractivity contribution is 0.464. The van der Waals surface area contributed by atoms with Crippen molar-refractivity contribution in [1.82, 2.24) is 9.73 Å². The van der Waals surface area contributed by atoms with Gasteiger partial charge in [0.05, 0.1) is 18.8 Å². The molecule has 0 saturated heterocycles. The summed E-state index contributed by atoms with van der Waals surface area (Å²) in [5, 5.41) is 13.3. The van der Waals surface area contributed by atoms with Crippen molar-refractivity contribution in [1.29, 1.82) is 0 Å². The average Bonchev–Trinajstić information content (AvgIpc) is 3.32. The SMILES string of the molecule is C#Cc1cccc(SNC(=NCCSN)N2CC(c3ccccc3)C(c3ccc(Cl)cc3)=N2)c1. The van der Waals surface area contributed by atoms with Crippen molar-refractivity contribution in [2.75, 3.05) is 18.8 Å². The number of guanidine groups is 1. The van der Waals surface area contributed by atoms with E-state index in [2.05, 4.69) is 34.9 Å². The smallest absolute Gasteiger partial charge is 0.225 e. The second kappa shape index (κ2) is 12.0. The second-order valence-electron chi connectivity index (χ2n) is 7.49. The van der Waals surface area contributed by atoms with Gasteiger partial charge in [0.25, 0.3) is 0 Å². The van der Waals surface area contributed by atoms with Crippen molar-refractivity contribution >= 4 is 47.2 Å². The molecule has 3 N–H and O–H groups in total. The molecule has 0 aromatic heterocycles. The molecular weight excluding hydrogens is 482 g/mol.